The third-order valence-corrected chi connectivity index (χ3v) is 3.95. The first-order chi connectivity index (χ1) is 9.15. The summed E-state index contributed by atoms with van der Waals surface area (Å²) >= 11 is 1.72. The molecule has 0 saturated heterocycles. The van der Waals surface area contributed by atoms with Crippen molar-refractivity contribution in [1.29, 1.82) is 0 Å². The molecule has 0 saturated carbocycles. The Morgan fingerprint density at radius 2 is 1.95 bits per heavy atom. The van der Waals surface area contributed by atoms with Crippen LogP contribution < -0.4 is 5.32 Å². The second kappa shape index (κ2) is 6.73. The molecular weight excluding hydrogens is 252 g/mol. The summed E-state index contributed by atoms with van der Waals surface area (Å²) in [5, 5.41) is 4.44. The summed E-state index contributed by atoms with van der Waals surface area (Å²) in [5.41, 5.74) is 2.52. The van der Waals surface area contributed by atoms with Crippen molar-refractivity contribution in [2.45, 2.75) is 43.3 Å². The van der Waals surface area contributed by atoms with Crippen LogP contribution in [0, 0.1) is 6.92 Å². The number of aromatic nitrogens is 1. The van der Waals surface area contributed by atoms with Crippen molar-refractivity contribution in [3.63, 3.8) is 0 Å². The molecule has 0 atom stereocenters. The average molecular weight is 272 g/mol. The Hall–Kier alpha value is -1.32. The van der Waals surface area contributed by atoms with E-state index in [-0.39, 0.29) is 0 Å². The van der Waals surface area contributed by atoms with E-state index >= 15 is 0 Å². The monoisotopic (exact) mass is 272 g/mol. The van der Waals surface area contributed by atoms with E-state index in [4.69, 9.17) is 0 Å². The summed E-state index contributed by atoms with van der Waals surface area (Å²) in [4.78, 5) is 5.78. The van der Waals surface area contributed by atoms with Crippen LogP contribution in [0.4, 0.5) is 0 Å². The smallest absolute Gasteiger partial charge is 0.101 e. The fourth-order valence-electron chi connectivity index (χ4n) is 1.68. The zero-order chi connectivity index (χ0) is 13.7. The summed E-state index contributed by atoms with van der Waals surface area (Å²) in [6.45, 7) is 7.30. The van der Waals surface area contributed by atoms with Crippen molar-refractivity contribution in [2.24, 2.45) is 0 Å². The third kappa shape index (κ3) is 4.37. The van der Waals surface area contributed by atoms with Gasteiger partial charge in [0, 0.05) is 23.7 Å². The number of hydrogen-bond donors (Lipinski definition) is 1. The molecule has 2 aromatic rings. The van der Waals surface area contributed by atoms with Gasteiger partial charge in [-0.2, -0.15) is 0 Å². The topological polar surface area (TPSA) is 24.9 Å². The average Bonchev–Trinajstić information content (AvgIpc) is 2.40. The molecule has 0 unspecified atom stereocenters. The van der Waals surface area contributed by atoms with E-state index in [2.05, 4.69) is 67.5 Å². The maximum atomic E-state index is 4.52. The van der Waals surface area contributed by atoms with E-state index in [1.807, 2.05) is 6.20 Å². The Morgan fingerprint density at radius 1 is 1.16 bits per heavy atom. The number of nitrogens with one attached hydrogen (secondary N) is 1. The molecular formula is C16H20N2S. The van der Waals surface area contributed by atoms with Crippen molar-refractivity contribution < 1.29 is 0 Å². The molecule has 0 aliphatic carbocycles. The van der Waals surface area contributed by atoms with Gasteiger partial charge in [0.1, 0.15) is 5.03 Å². The molecule has 0 fully saturated rings. The highest BCUT2D eigenvalue weighted by molar-refractivity contribution is 7.99. The lowest BCUT2D eigenvalue weighted by molar-refractivity contribution is 0.587. The number of aryl methyl sites for hydroxylation is 1. The fraction of sp³-hybridized carbons (Fsp3) is 0.312. The van der Waals surface area contributed by atoms with Gasteiger partial charge in [-0.15, -0.1) is 0 Å². The molecule has 1 N–H and O–H groups in total. The number of hydrogen-bond acceptors (Lipinski definition) is 3. The van der Waals surface area contributed by atoms with Gasteiger partial charge < -0.3 is 5.32 Å². The summed E-state index contributed by atoms with van der Waals surface area (Å²) < 4.78 is 0. The van der Waals surface area contributed by atoms with Gasteiger partial charge >= 0.3 is 0 Å². The van der Waals surface area contributed by atoms with Gasteiger partial charge in [0.2, 0.25) is 0 Å². The standard InChI is InChI=1S/C16H20N2S/c1-12(2)17-10-14-8-9-16(18-11-14)19-15-7-5-4-6-13(15)3/h4-9,11-12,17H,10H2,1-3H3. The predicted molar refractivity (Wildman–Crippen MR) is 81.5 cm³/mol. The fourth-order valence-corrected chi connectivity index (χ4v) is 2.52. The van der Waals surface area contributed by atoms with Gasteiger partial charge in [-0.3, -0.25) is 0 Å². The van der Waals surface area contributed by atoms with Crippen LogP contribution in [0.1, 0.15) is 25.0 Å². The zero-order valence-corrected chi connectivity index (χ0v) is 12.5. The predicted octanol–water partition coefficient (Wildman–Crippen LogP) is 4.04. The Morgan fingerprint density at radius 3 is 2.58 bits per heavy atom. The van der Waals surface area contributed by atoms with E-state index in [0.717, 1.165) is 11.6 Å². The minimum absolute atomic E-state index is 0.501. The van der Waals surface area contributed by atoms with E-state index in [0.29, 0.717) is 6.04 Å². The van der Waals surface area contributed by atoms with E-state index in [9.17, 15) is 0 Å². The number of benzene rings is 1. The summed E-state index contributed by atoms with van der Waals surface area (Å²) in [6.07, 6.45) is 1.95. The number of nitrogens with zero attached hydrogens (tertiary/aromatic N) is 1. The lowest BCUT2D eigenvalue weighted by Crippen LogP contribution is -2.21. The summed E-state index contributed by atoms with van der Waals surface area (Å²) in [6, 6.07) is 13.1. The molecule has 2 rings (SSSR count). The maximum absolute atomic E-state index is 4.52. The molecule has 0 aliphatic heterocycles. The van der Waals surface area contributed by atoms with Crippen molar-refractivity contribution in [2.75, 3.05) is 0 Å². The zero-order valence-electron chi connectivity index (χ0n) is 11.7. The molecule has 0 radical (unpaired) electrons. The van der Waals surface area contributed by atoms with Gasteiger partial charge in [0.15, 0.2) is 0 Å². The van der Waals surface area contributed by atoms with Crippen LogP contribution in [-0.4, -0.2) is 11.0 Å². The molecule has 100 valence electrons. The molecule has 0 spiro atoms. The van der Waals surface area contributed by atoms with Crippen LogP contribution in [-0.2, 0) is 6.54 Å². The SMILES string of the molecule is Cc1ccccc1Sc1ccc(CNC(C)C)cn1. The van der Waals surface area contributed by atoms with Crippen molar-refractivity contribution >= 4 is 11.8 Å². The lowest BCUT2D eigenvalue weighted by Gasteiger charge is -2.08. The number of pyridine rings is 1. The second-order valence-electron chi connectivity index (χ2n) is 4.91. The van der Waals surface area contributed by atoms with Gasteiger partial charge in [0.05, 0.1) is 0 Å². The van der Waals surface area contributed by atoms with Gasteiger partial charge in [-0.25, -0.2) is 4.98 Å². The summed E-state index contributed by atoms with van der Waals surface area (Å²) in [7, 11) is 0. The van der Waals surface area contributed by atoms with Crippen molar-refractivity contribution in [3.05, 3.63) is 53.7 Å². The largest absolute Gasteiger partial charge is 0.310 e. The highest BCUT2D eigenvalue weighted by Crippen LogP contribution is 2.28. The Bertz CT molecular complexity index is 521. The van der Waals surface area contributed by atoms with Gasteiger partial charge in [-0.1, -0.05) is 49.9 Å². The molecule has 0 aliphatic rings. The summed E-state index contributed by atoms with van der Waals surface area (Å²) in [5.74, 6) is 0. The molecule has 1 aromatic carbocycles. The molecule has 1 aromatic heterocycles. The van der Waals surface area contributed by atoms with Crippen LogP contribution in [0.2, 0.25) is 0 Å². The first-order valence-corrected chi connectivity index (χ1v) is 7.38. The molecule has 2 nitrogen and oxygen atoms in total. The van der Waals surface area contributed by atoms with Gasteiger partial charge in [-0.05, 0) is 30.2 Å². The Kier molecular flexibility index (Phi) is 5.00. The van der Waals surface area contributed by atoms with Crippen LogP contribution in [0.25, 0.3) is 0 Å². The van der Waals surface area contributed by atoms with E-state index in [1.165, 1.54) is 16.0 Å². The Labute approximate surface area is 119 Å². The van der Waals surface area contributed by atoms with Gasteiger partial charge in [0.25, 0.3) is 0 Å². The number of rotatable bonds is 5. The van der Waals surface area contributed by atoms with E-state index < -0.39 is 0 Å². The van der Waals surface area contributed by atoms with Crippen molar-refractivity contribution in [1.82, 2.24) is 10.3 Å². The highest BCUT2D eigenvalue weighted by atomic mass is 32.2. The first kappa shape index (κ1) is 14.1. The minimum Gasteiger partial charge on any atom is -0.310 e. The van der Waals surface area contributed by atoms with Crippen molar-refractivity contribution in [3.8, 4) is 0 Å². The molecule has 0 bridgehead atoms. The lowest BCUT2D eigenvalue weighted by atomic mass is 10.2. The third-order valence-electron chi connectivity index (χ3n) is 2.82. The highest BCUT2D eigenvalue weighted by Gasteiger charge is 2.02. The van der Waals surface area contributed by atoms with Crippen LogP contribution >= 0.6 is 11.8 Å². The molecule has 1 heterocycles. The molecule has 19 heavy (non-hydrogen) atoms. The minimum atomic E-state index is 0.501. The normalized spacial score (nSPS) is 10.9. The van der Waals surface area contributed by atoms with Crippen LogP contribution in [0.3, 0.4) is 0 Å². The van der Waals surface area contributed by atoms with Crippen LogP contribution in [0.5, 0.6) is 0 Å². The molecule has 0 amide bonds. The first-order valence-electron chi connectivity index (χ1n) is 6.57. The second-order valence-corrected chi connectivity index (χ2v) is 5.97. The molecule has 3 heteroatoms. The quantitative estimate of drug-likeness (QED) is 0.889. The maximum Gasteiger partial charge on any atom is 0.101 e. The Balaban J connectivity index is 2.01. The van der Waals surface area contributed by atoms with E-state index in [1.54, 1.807) is 11.8 Å². The van der Waals surface area contributed by atoms with Crippen LogP contribution in [0.15, 0.2) is 52.5 Å².